The molecule has 2 aliphatic carbocycles. The molecule has 1 heterocycles. The number of Topliss-reactive ketones (excluding diaryl/α,β-unsaturated/α-hetero) is 1. The van der Waals surface area contributed by atoms with E-state index in [1.807, 2.05) is 0 Å². The largest absolute Gasteiger partial charge is 0.462 e. The van der Waals surface area contributed by atoms with Gasteiger partial charge in [-0.3, -0.25) is 14.4 Å². The van der Waals surface area contributed by atoms with Gasteiger partial charge >= 0.3 is 11.9 Å². The topological polar surface area (TPSA) is 69.7 Å². The summed E-state index contributed by atoms with van der Waals surface area (Å²) in [7, 11) is 0. The first-order valence-corrected chi connectivity index (χ1v) is 8.70. The van der Waals surface area contributed by atoms with E-state index in [-0.39, 0.29) is 35.6 Å². The molecule has 3 fully saturated rings. The fraction of sp³-hybridized carbons (Fsp3) is 0.500. The summed E-state index contributed by atoms with van der Waals surface area (Å²) < 4.78 is 10.8. The second kappa shape index (κ2) is 5.88. The van der Waals surface area contributed by atoms with Crippen molar-refractivity contribution in [2.75, 3.05) is 5.88 Å². The van der Waals surface area contributed by atoms with Crippen molar-refractivity contribution in [2.24, 2.45) is 23.7 Å². The van der Waals surface area contributed by atoms with Crippen molar-refractivity contribution < 1.29 is 23.9 Å². The highest BCUT2D eigenvalue weighted by Gasteiger charge is 2.64. The molecule has 0 spiro atoms. The molecule has 1 aromatic carbocycles. The molecule has 0 unspecified atom stereocenters. The Morgan fingerprint density at radius 1 is 1.25 bits per heavy atom. The molecule has 0 aromatic heterocycles. The molecule has 1 aromatic rings. The number of fused-ring (bicyclic) bond motifs is 1. The fourth-order valence-corrected chi connectivity index (χ4v) is 4.69. The molecule has 6 atom stereocenters. The lowest BCUT2D eigenvalue weighted by molar-refractivity contribution is -0.157. The van der Waals surface area contributed by atoms with Gasteiger partial charge in [0.2, 0.25) is 5.78 Å². The number of carbonyl (C=O) groups excluding carboxylic acids is 3. The molecule has 2 bridgehead atoms. The smallest absolute Gasteiger partial charge is 0.310 e. The van der Waals surface area contributed by atoms with Crippen LogP contribution in [-0.4, -0.2) is 35.8 Å². The second-order valence-electron chi connectivity index (χ2n) is 6.73. The summed E-state index contributed by atoms with van der Waals surface area (Å²) >= 11 is 5.86. The number of benzene rings is 1. The predicted molar refractivity (Wildman–Crippen MR) is 84.4 cm³/mol. The number of ketones is 1. The van der Waals surface area contributed by atoms with Gasteiger partial charge < -0.3 is 9.47 Å². The van der Waals surface area contributed by atoms with Gasteiger partial charge in [-0.25, -0.2) is 0 Å². The van der Waals surface area contributed by atoms with Crippen molar-refractivity contribution >= 4 is 29.3 Å². The summed E-state index contributed by atoms with van der Waals surface area (Å²) in [5.41, 5.74) is 0.448. The third-order valence-corrected chi connectivity index (χ3v) is 5.78. The lowest BCUT2D eigenvalue weighted by Crippen LogP contribution is -2.38. The highest BCUT2D eigenvalue weighted by molar-refractivity contribution is 6.21. The van der Waals surface area contributed by atoms with Crippen LogP contribution >= 0.6 is 11.6 Å². The minimum absolute atomic E-state index is 0.0358. The highest BCUT2D eigenvalue weighted by Crippen LogP contribution is 2.58. The third kappa shape index (κ3) is 2.34. The van der Waals surface area contributed by atoms with Crippen molar-refractivity contribution in [1.82, 2.24) is 0 Å². The van der Waals surface area contributed by atoms with E-state index in [2.05, 4.69) is 0 Å². The van der Waals surface area contributed by atoms with Crippen LogP contribution in [0.25, 0.3) is 0 Å². The Bertz CT molecular complexity index is 686. The van der Waals surface area contributed by atoms with Gasteiger partial charge in [-0.15, -0.1) is 11.6 Å². The van der Waals surface area contributed by atoms with Crippen LogP contribution in [0, 0.1) is 23.7 Å². The Balaban J connectivity index is 1.49. The SMILES string of the molecule is O=C(O[C@H](CCl)C(=O)c1ccccc1)[C@@H]1[C@@H]2C[C@H]3[C@@H]1C(=O)O[C@@H]3C2. The standard InChI is InChI=1S/C18H17ClO5/c19-8-13(16(20)9-4-2-1-3-5-9)24-17(21)14-10-6-11-12(7-10)23-18(22)15(11)14/h1-5,10-15H,6-8H2/t10-,11-,12-,13-,14-,15+/m1/s1. The van der Waals surface area contributed by atoms with E-state index in [1.165, 1.54) is 0 Å². The molecule has 0 radical (unpaired) electrons. The van der Waals surface area contributed by atoms with Crippen LogP contribution in [0.15, 0.2) is 30.3 Å². The predicted octanol–water partition coefficient (Wildman–Crippen LogP) is 2.22. The highest BCUT2D eigenvalue weighted by atomic mass is 35.5. The van der Waals surface area contributed by atoms with Crippen LogP contribution in [0.5, 0.6) is 0 Å². The van der Waals surface area contributed by atoms with Gasteiger partial charge in [0.25, 0.3) is 0 Å². The molecule has 3 aliphatic rings. The average Bonchev–Trinajstić information content (AvgIpc) is 3.21. The Morgan fingerprint density at radius 2 is 2.00 bits per heavy atom. The van der Waals surface area contributed by atoms with E-state index >= 15 is 0 Å². The molecule has 0 amide bonds. The van der Waals surface area contributed by atoms with Crippen molar-refractivity contribution in [3.63, 3.8) is 0 Å². The van der Waals surface area contributed by atoms with Crippen LogP contribution in [-0.2, 0) is 19.1 Å². The summed E-state index contributed by atoms with van der Waals surface area (Å²) in [6, 6.07) is 8.60. The minimum Gasteiger partial charge on any atom is -0.462 e. The minimum atomic E-state index is -1.03. The quantitative estimate of drug-likeness (QED) is 0.463. The van der Waals surface area contributed by atoms with Gasteiger partial charge in [0, 0.05) is 11.5 Å². The lowest BCUT2D eigenvalue weighted by Gasteiger charge is -2.24. The monoisotopic (exact) mass is 348 g/mol. The first kappa shape index (κ1) is 15.6. The number of halogens is 1. The number of carbonyl (C=O) groups is 3. The number of hydrogen-bond acceptors (Lipinski definition) is 5. The molecule has 5 nitrogen and oxygen atoms in total. The van der Waals surface area contributed by atoms with Crippen molar-refractivity contribution in [2.45, 2.75) is 25.0 Å². The summed E-state index contributed by atoms with van der Waals surface area (Å²) in [6.45, 7) is 0. The molecule has 126 valence electrons. The first-order valence-electron chi connectivity index (χ1n) is 8.16. The van der Waals surface area contributed by atoms with Crippen LogP contribution in [0.1, 0.15) is 23.2 Å². The zero-order valence-corrected chi connectivity index (χ0v) is 13.6. The van der Waals surface area contributed by atoms with Gasteiger partial charge in [-0.2, -0.15) is 0 Å². The normalized spacial score (nSPS) is 34.0. The maximum atomic E-state index is 12.6. The maximum absolute atomic E-state index is 12.6. The number of hydrogen-bond donors (Lipinski definition) is 0. The number of ether oxygens (including phenoxy) is 2. The zero-order chi connectivity index (χ0) is 16.8. The van der Waals surface area contributed by atoms with Gasteiger partial charge in [-0.1, -0.05) is 30.3 Å². The molecule has 6 heteroatoms. The molecule has 1 aliphatic heterocycles. The summed E-state index contributed by atoms with van der Waals surface area (Å²) in [5, 5.41) is 0. The van der Waals surface area contributed by atoms with Gasteiger partial charge in [0.05, 0.1) is 17.7 Å². The lowest BCUT2D eigenvalue weighted by atomic mass is 9.80. The van der Waals surface area contributed by atoms with E-state index in [0.29, 0.717) is 12.0 Å². The molecule has 1 saturated heterocycles. The van der Waals surface area contributed by atoms with Gasteiger partial charge in [-0.05, 0) is 18.8 Å². The summed E-state index contributed by atoms with van der Waals surface area (Å²) in [5.74, 6) is -1.93. The number of rotatable bonds is 5. The molecule has 2 saturated carbocycles. The van der Waals surface area contributed by atoms with Gasteiger partial charge in [0.1, 0.15) is 6.10 Å². The molecular formula is C18H17ClO5. The maximum Gasteiger partial charge on any atom is 0.310 e. The van der Waals surface area contributed by atoms with Crippen molar-refractivity contribution in [3.8, 4) is 0 Å². The Kier molecular flexibility index (Phi) is 3.83. The molecule has 0 N–H and O–H groups in total. The third-order valence-electron chi connectivity index (χ3n) is 5.50. The van der Waals surface area contributed by atoms with Crippen LogP contribution in [0.4, 0.5) is 0 Å². The Labute approximate surface area is 144 Å². The van der Waals surface area contributed by atoms with Crippen molar-refractivity contribution in [3.05, 3.63) is 35.9 Å². The first-order chi connectivity index (χ1) is 11.6. The van der Waals surface area contributed by atoms with Crippen molar-refractivity contribution in [1.29, 1.82) is 0 Å². The van der Waals surface area contributed by atoms with E-state index in [4.69, 9.17) is 21.1 Å². The van der Waals surface area contributed by atoms with Crippen LogP contribution in [0.3, 0.4) is 0 Å². The summed E-state index contributed by atoms with van der Waals surface area (Å²) in [6.07, 6.45) is 0.462. The molecule has 24 heavy (non-hydrogen) atoms. The Hall–Kier alpha value is -1.88. The van der Waals surface area contributed by atoms with Gasteiger partial charge in [0.15, 0.2) is 6.10 Å². The van der Waals surface area contributed by atoms with Crippen LogP contribution < -0.4 is 0 Å². The van der Waals surface area contributed by atoms with E-state index in [0.717, 1.165) is 6.42 Å². The fourth-order valence-electron chi connectivity index (χ4n) is 4.49. The molecule has 4 rings (SSSR count). The Morgan fingerprint density at radius 3 is 2.71 bits per heavy atom. The van der Waals surface area contributed by atoms with E-state index in [9.17, 15) is 14.4 Å². The second-order valence-corrected chi connectivity index (χ2v) is 7.04. The van der Waals surface area contributed by atoms with E-state index in [1.54, 1.807) is 30.3 Å². The number of alkyl halides is 1. The summed E-state index contributed by atoms with van der Waals surface area (Å²) in [4.78, 5) is 37.1. The zero-order valence-electron chi connectivity index (χ0n) is 12.9. The van der Waals surface area contributed by atoms with Crippen LogP contribution in [0.2, 0.25) is 0 Å². The van der Waals surface area contributed by atoms with E-state index < -0.39 is 23.9 Å². The average molecular weight is 349 g/mol. The number of esters is 2. The molecular weight excluding hydrogens is 332 g/mol.